The Morgan fingerprint density at radius 1 is 1.46 bits per heavy atom. The highest BCUT2D eigenvalue weighted by molar-refractivity contribution is 5.13. The van der Waals surface area contributed by atoms with E-state index in [1.165, 1.54) is 6.20 Å². The molecule has 1 heterocycles. The van der Waals surface area contributed by atoms with Crippen LogP contribution >= 0.6 is 0 Å². The van der Waals surface area contributed by atoms with Crippen LogP contribution in [0.4, 0.5) is 13.2 Å². The van der Waals surface area contributed by atoms with E-state index in [1.807, 2.05) is 0 Å². The number of hydrogen-bond acceptors (Lipinski definition) is 1. The van der Waals surface area contributed by atoms with Crippen molar-refractivity contribution in [2.75, 3.05) is 0 Å². The molecule has 0 saturated heterocycles. The first-order valence-corrected chi connectivity index (χ1v) is 4.15. The Morgan fingerprint density at radius 2 is 2.15 bits per heavy atom. The van der Waals surface area contributed by atoms with Gasteiger partial charge in [0.1, 0.15) is 6.54 Å². The Bertz CT molecular complexity index is 299. The molecule has 1 fully saturated rings. The number of nitrogens with zero attached hydrogens (tertiary/aromatic N) is 2. The minimum absolute atomic E-state index is 0.310. The number of aromatic nitrogens is 2. The van der Waals surface area contributed by atoms with Gasteiger partial charge in [0, 0.05) is 17.8 Å². The maximum absolute atomic E-state index is 12.0. The smallest absolute Gasteiger partial charge is 0.260 e. The minimum atomic E-state index is -4.17. The lowest BCUT2D eigenvalue weighted by Crippen LogP contribution is -2.20. The largest absolute Gasteiger partial charge is 0.408 e. The van der Waals surface area contributed by atoms with Crippen LogP contribution < -0.4 is 0 Å². The van der Waals surface area contributed by atoms with Gasteiger partial charge in [-0.3, -0.25) is 4.68 Å². The van der Waals surface area contributed by atoms with Crippen molar-refractivity contribution in [3.05, 3.63) is 18.0 Å². The highest BCUT2D eigenvalue weighted by atomic mass is 19.4. The first-order chi connectivity index (χ1) is 6.06. The zero-order valence-corrected chi connectivity index (χ0v) is 6.88. The van der Waals surface area contributed by atoms with Gasteiger partial charge in [0.2, 0.25) is 0 Å². The Balaban J connectivity index is 2.15. The molecule has 0 bridgehead atoms. The van der Waals surface area contributed by atoms with Crippen molar-refractivity contribution in [3.63, 3.8) is 0 Å². The van der Waals surface area contributed by atoms with E-state index in [0.717, 1.165) is 23.2 Å². The summed E-state index contributed by atoms with van der Waals surface area (Å²) < 4.78 is 37.1. The Kier molecular flexibility index (Phi) is 1.82. The molecular weight excluding hydrogens is 181 g/mol. The predicted octanol–water partition coefficient (Wildman–Crippen LogP) is 2.32. The molecule has 0 amide bonds. The average molecular weight is 190 g/mol. The van der Waals surface area contributed by atoms with Gasteiger partial charge in [-0.05, 0) is 18.9 Å². The molecule has 0 unspecified atom stereocenters. The zero-order valence-electron chi connectivity index (χ0n) is 6.88. The Labute approximate surface area is 73.4 Å². The SMILES string of the molecule is FC(F)(F)Cn1nccc1C1CC1. The van der Waals surface area contributed by atoms with E-state index in [-0.39, 0.29) is 0 Å². The van der Waals surface area contributed by atoms with Crippen molar-refractivity contribution in [2.24, 2.45) is 0 Å². The van der Waals surface area contributed by atoms with Crippen LogP contribution in [0, 0.1) is 0 Å². The fraction of sp³-hybridized carbons (Fsp3) is 0.625. The standard InChI is InChI=1S/C8H9F3N2/c9-8(10,11)5-13-7(3-4-12-13)6-1-2-6/h3-4,6H,1-2,5H2. The van der Waals surface area contributed by atoms with Gasteiger partial charge in [0.05, 0.1) is 0 Å². The maximum atomic E-state index is 12.0. The van der Waals surface area contributed by atoms with Gasteiger partial charge in [0.25, 0.3) is 0 Å². The van der Waals surface area contributed by atoms with Gasteiger partial charge in [-0.1, -0.05) is 0 Å². The topological polar surface area (TPSA) is 17.8 Å². The van der Waals surface area contributed by atoms with E-state index in [9.17, 15) is 13.2 Å². The van der Waals surface area contributed by atoms with E-state index in [4.69, 9.17) is 0 Å². The predicted molar refractivity (Wildman–Crippen MR) is 40.3 cm³/mol. The first kappa shape index (κ1) is 8.59. The second-order valence-electron chi connectivity index (χ2n) is 3.30. The van der Waals surface area contributed by atoms with E-state index in [0.29, 0.717) is 5.92 Å². The minimum Gasteiger partial charge on any atom is -0.260 e. The molecule has 1 saturated carbocycles. The van der Waals surface area contributed by atoms with Gasteiger partial charge in [0.15, 0.2) is 0 Å². The molecule has 5 heteroatoms. The summed E-state index contributed by atoms with van der Waals surface area (Å²) in [4.78, 5) is 0. The summed E-state index contributed by atoms with van der Waals surface area (Å²) in [7, 11) is 0. The number of alkyl halides is 3. The molecule has 0 N–H and O–H groups in total. The third-order valence-corrected chi connectivity index (χ3v) is 2.07. The molecule has 0 atom stereocenters. The fourth-order valence-electron chi connectivity index (χ4n) is 1.37. The normalized spacial score (nSPS) is 17.8. The van der Waals surface area contributed by atoms with Crippen LogP contribution in [0.3, 0.4) is 0 Å². The summed E-state index contributed by atoms with van der Waals surface area (Å²) in [5.41, 5.74) is 0.720. The Morgan fingerprint density at radius 3 is 2.69 bits per heavy atom. The Hall–Kier alpha value is -1.00. The molecule has 1 aromatic rings. The number of rotatable bonds is 2. The second kappa shape index (κ2) is 2.75. The third kappa shape index (κ3) is 2.02. The zero-order chi connectivity index (χ0) is 9.47. The molecule has 0 aliphatic heterocycles. The fourth-order valence-corrected chi connectivity index (χ4v) is 1.37. The molecule has 0 aromatic carbocycles. The van der Waals surface area contributed by atoms with Crippen molar-refractivity contribution < 1.29 is 13.2 Å². The molecule has 1 aliphatic rings. The van der Waals surface area contributed by atoms with Gasteiger partial charge >= 0.3 is 6.18 Å². The van der Waals surface area contributed by atoms with Crippen LogP contribution in [-0.4, -0.2) is 16.0 Å². The highest BCUT2D eigenvalue weighted by Crippen LogP contribution is 2.40. The van der Waals surface area contributed by atoms with Crippen LogP contribution in [0.25, 0.3) is 0 Å². The van der Waals surface area contributed by atoms with Crippen LogP contribution in [0.2, 0.25) is 0 Å². The number of halogens is 3. The maximum Gasteiger partial charge on any atom is 0.408 e. The van der Waals surface area contributed by atoms with Gasteiger partial charge in [-0.2, -0.15) is 18.3 Å². The van der Waals surface area contributed by atoms with E-state index < -0.39 is 12.7 Å². The molecule has 0 radical (unpaired) electrons. The van der Waals surface area contributed by atoms with E-state index >= 15 is 0 Å². The molecule has 0 spiro atoms. The lowest BCUT2D eigenvalue weighted by atomic mass is 10.3. The highest BCUT2D eigenvalue weighted by Gasteiger charge is 2.33. The van der Waals surface area contributed by atoms with Crippen molar-refractivity contribution >= 4 is 0 Å². The molecular formula is C8H9F3N2. The van der Waals surface area contributed by atoms with Gasteiger partial charge in [-0.15, -0.1) is 0 Å². The molecule has 13 heavy (non-hydrogen) atoms. The lowest BCUT2D eigenvalue weighted by Gasteiger charge is -2.09. The quantitative estimate of drug-likeness (QED) is 0.699. The third-order valence-electron chi connectivity index (χ3n) is 2.07. The van der Waals surface area contributed by atoms with Crippen LogP contribution in [-0.2, 0) is 6.54 Å². The summed E-state index contributed by atoms with van der Waals surface area (Å²) in [5, 5.41) is 3.66. The monoisotopic (exact) mass is 190 g/mol. The summed E-state index contributed by atoms with van der Waals surface area (Å²) in [6.45, 7) is -0.966. The molecule has 72 valence electrons. The molecule has 1 aromatic heterocycles. The van der Waals surface area contributed by atoms with Crippen molar-refractivity contribution in [3.8, 4) is 0 Å². The van der Waals surface area contributed by atoms with Gasteiger partial charge < -0.3 is 0 Å². The molecule has 1 aliphatic carbocycles. The molecule has 2 rings (SSSR count). The average Bonchev–Trinajstić information content (AvgIpc) is 2.72. The summed E-state index contributed by atoms with van der Waals surface area (Å²) in [6.07, 6.45) is -0.762. The van der Waals surface area contributed by atoms with E-state index in [2.05, 4.69) is 5.10 Å². The first-order valence-electron chi connectivity index (χ1n) is 4.15. The van der Waals surface area contributed by atoms with Crippen molar-refractivity contribution in [1.29, 1.82) is 0 Å². The summed E-state index contributed by atoms with van der Waals surface area (Å²) >= 11 is 0. The van der Waals surface area contributed by atoms with Gasteiger partial charge in [-0.25, -0.2) is 0 Å². The second-order valence-corrected chi connectivity index (χ2v) is 3.30. The van der Waals surface area contributed by atoms with Crippen molar-refractivity contribution in [1.82, 2.24) is 9.78 Å². The van der Waals surface area contributed by atoms with Crippen LogP contribution in [0.5, 0.6) is 0 Å². The summed E-state index contributed by atoms with van der Waals surface area (Å²) in [5.74, 6) is 0.310. The molecule has 2 nitrogen and oxygen atoms in total. The number of hydrogen-bond donors (Lipinski definition) is 0. The van der Waals surface area contributed by atoms with E-state index in [1.54, 1.807) is 6.07 Å². The van der Waals surface area contributed by atoms with Crippen LogP contribution in [0.15, 0.2) is 12.3 Å². The van der Waals surface area contributed by atoms with Crippen molar-refractivity contribution in [2.45, 2.75) is 31.5 Å². The summed E-state index contributed by atoms with van der Waals surface area (Å²) in [6, 6.07) is 1.67. The lowest BCUT2D eigenvalue weighted by molar-refractivity contribution is -0.143. The van der Waals surface area contributed by atoms with Crippen LogP contribution in [0.1, 0.15) is 24.5 Å².